The highest BCUT2D eigenvalue weighted by Gasteiger charge is 2.32. The predicted octanol–water partition coefficient (Wildman–Crippen LogP) is 4.27. The van der Waals surface area contributed by atoms with Crippen LogP contribution >= 0.6 is 0 Å². The normalized spacial score (nSPS) is 22.1. The Balaban J connectivity index is 1.94. The molecule has 0 bridgehead atoms. The van der Waals surface area contributed by atoms with Crippen LogP contribution in [-0.2, 0) is 4.79 Å². The van der Waals surface area contributed by atoms with E-state index in [1.807, 2.05) is 32.3 Å². The van der Waals surface area contributed by atoms with Crippen molar-refractivity contribution in [1.29, 1.82) is 0 Å². The fourth-order valence-corrected chi connectivity index (χ4v) is 4.08. The van der Waals surface area contributed by atoms with Crippen molar-refractivity contribution in [2.45, 2.75) is 52.5 Å². The second-order valence-corrected chi connectivity index (χ2v) is 8.88. The summed E-state index contributed by atoms with van der Waals surface area (Å²) >= 11 is 0. The number of nitrogens with zero attached hydrogens (tertiary/aromatic N) is 1. The predicted molar refractivity (Wildman–Crippen MR) is 107 cm³/mol. The fourth-order valence-electron chi connectivity index (χ4n) is 4.08. The van der Waals surface area contributed by atoms with E-state index >= 15 is 0 Å². The number of amides is 1. The van der Waals surface area contributed by atoms with Crippen LogP contribution in [0.2, 0.25) is 0 Å². The molecule has 0 saturated heterocycles. The Morgan fingerprint density at radius 2 is 1.81 bits per heavy atom. The zero-order valence-electron chi connectivity index (χ0n) is 17.3. The van der Waals surface area contributed by atoms with Gasteiger partial charge < -0.3 is 15.0 Å². The van der Waals surface area contributed by atoms with Crippen LogP contribution in [0, 0.1) is 17.3 Å². The van der Waals surface area contributed by atoms with Crippen LogP contribution in [0.25, 0.3) is 0 Å². The van der Waals surface area contributed by atoms with Crippen molar-refractivity contribution in [2.24, 2.45) is 17.3 Å². The third-order valence-electron chi connectivity index (χ3n) is 5.91. The number of hydrogen-bond donors (Lipinski definition) is 1. The van der Waals surface area contributed by atoms with E-state index in [1.54, 1.807) is 7.11 Å². The lowest BCUT2D eigenvalue weighted by Crippen LogP contribution is -2.39. The molecule has 1 aliphatic rings. The molecule has 26 heavy (non-hydrogen) atoms. The van der Waals surface area contributed by atoms with Crippen molar-refractivity contribution in [3.05, 3.63) is 29.8 Å². The van der Waals surface area contributed by atoms with Crippen LogP contribution < -0.4 is 10.1 Å². The summed E-state index contributed by atoms with van der Waals surface area (Å²) in [6.07, 6.45) is 4.33. The molecular weight excluding hydrogens is 324 g/mol. The van der Waals surface area contributed by atoms with Crippen molar-refractivity contribution in [2.75, 3.05) is 27.7 Å². The van der Waals surface area contributed by atoms with Gasteiger partial charge in [-0.1, -0.05) is 39.0 Å². The smallest absolute Gasteiger partial charge is 0.223 e. The first-order valence-corrected chi connectivity index (χ1v) is 9.81. The maximum absolute atomic E-state index is 12.7. The molecule has 1 amide bonds. The Morgan fingerprint density at radius 1 is 1.19 bits per heavy atom. The van der Waals surface area contributed by atoms with Crippen molar-refractivity contribution in [3.8, 4) is 5.75 Å². The summed E-state index contributed by atoms with van der Waals surface area (Å²) < 4.78 is 5.50. The number of benzene rings is 1. The summed E-state index contributed by atoms with van der Waals surface area (Å²) in [5, 5.41) is 3.20. The second-order valence-electron chi connectivity index (χ2n) is 8.88. The molecule has 0 radical (unpaired) electrons. The Morgan fingerprint density at radius 3 is 2.35 bits per heavy atom. The van der Waals surface area contributed by atoms with Gasteiger partial charge in [0, 0.05) is 18.0 Å². The number of para-hydroxylation sites is 1. The highest BCUT2D eigenvalue weighted by atomic mass is 16.5. The maximum Gasteiger partial charge on any atom is 0.223 e. The molecule has 4 heteroatoms. The van der Waals surface area contributed by atoms with Gasteiger partial charge in [-0.15, -0.1) is 0 Å². The van der Waals surface area contributed by atoms with Crippen LogP contribution in [0.15, 0.2) is 24.3 Å². The first-order valence-electron chi connectivity index (χ1n) is 9.81. The average Bonchev–Trinajstić information content (AvgIpc) is 2.61. The summed E-state index contributed by atoms with van der Waals surface area (Å²) in [6, 6.07) is 8.14. The number of carbonyl (C=O) groups is 1. The lowest BCUT2D eigenvalue weighted by Gasteiger charge is -2.36. The van der Waals surface area contributed by atoms with E-state index < -0.39 is 0 Å². The van der Waals surface area contributed by atoms with E-state index in [9.17, 15) is 4.79 Å². The Hall–Kier alpha value is -1.55. The molecule has 146 valence electrons. The topological polar surface area (TPSA) is 41.6 Å². The number of likely N-dealkylation sites (N-methyl/N-ethyl adjacent to an activating group) is 1. The summed E-state index contributed by atoms with van der Waals surface area (Å²) in [4.78, 5) is 14.8. The number of rotatable bonds is 6. The summed E-state index contributed by atoms with van der Waals surface area (Å²) in [6.45, 7) is 7.54. The average molecular weight is 361 g/mol. The SMILES string of the molecule is COc1ccccc1[C@H](CNC(=O)C1CCC(C(C)(C)C)CC1)N(C)C. The first-order chi connectivity index (χ1) is 12.2. The molecule has 1 fully saturated rings. The molecule has 0 heterocycles. The van der Waals surface area contributed by atoms with Gasteiger partial charge in [-0.3, -0.25) is 4.79 Å². The van der Waals surface area contributed by atoms with Gasteiger partial charge >= 0.3 is 0 Å². The van der Waals surface area contributed by atoms with Gasteiger partial charge in [-0.05, 0) is 57.2 Å². The van der Waals surface area contributed by atoms with Crippen LogP contribution in [-0.4, -0.2) is 38.6 Å². The minimum absolute atomic E-state index is 0.0982. The summed E-state index contributed by atoms with van der Waals surface area (Å²) in [7, 11) is 5.77. The molecule has 0 aliphatic heterocycles. The lowest BCUT2D eigenvalue weighted by atomic mass is 9.69. The number of ether oxygens (including phenoxy) is 1. The molecule has 1 aromatic rings. The zero-order valence-corrected chi connectivity index (χ0v) is 17.3. The quantitative estimate of drug-likeness (QED) is 0.824. The van der Waals surface area contributed by atoms with E-state index in [4.69, 9.17) is 4.74 Å². The number of hydrogen-bond acceptors (Lipinski definition) is 3. The molecule has 1 N–H and O–H groups in total. The highest BCUT2D eigenvalue weighted by molar-refractivity contribution is 5.78. The Bertz CT molecular complexity index is 584. The molecular formula is C22H36N2O2. The number of methoxy groups -OCH3 is 1. The standard InChI is InChI=1S/C22H36N2O2/c1-22(2,3)17-13-11-16(12-14-17)21(25)23-15-19(24(4)5)18-9-7-8-10-20(18)26-6/h7-10,16-17,19H,11-15H2,1-6H3,(H,23,25)/t16?,17?,19-/m0/s1. The minimum atomic E-state index is 0.0982. The van der Waals surface area contributed by atoms with E-state index in [0.717, 1.165) is 42.9 Å². The molecule has 0 spiro atoms. The van der Waals surface area contributed by atoms with Gasteiger partial charge in [0.15, 0.2) is 0 Å². The van der Waals surface area contributed by atoms with Crippen LogP contribution in [0.4, 0.5) is 0 Å². The maximum atomic E-state index is 12.7. The molecule has 1 aromatic carbocycles. The van der Waals surface area contributed by atoms with Gasteiger partial charge in [0.1, 0.15) is 5.75 Å². The molecule has 0 unspecified atom stereocenters. The van der Waals surface area contributed by atoms with Crippen LogP contribution in [0.3, 0.4) is 0 Å². The lowest BCUT2D eigenvalue weighted by molar-refractivity contribution is -0.126. The monoisotopic (exact) mass is 360 g/mol. The van der Waals surface area contributed by atoms with Crippen LogP contribution in [0.5, 0.6) is 5.75 Å². The number of carbonyl (C=O) groups excluding carboxylic acids is 1. The molecule has 1 atom stereocenters. The Labute approximate surface area is 159 Å². The molecule has 2 rings (SSSR count). The van der Waals surface area contributed by atoms with Crippen molar-refractivity contribution in [3.63, 3.8) is 0 Å². The van der Waals surface area contributed by atoms with Gasteiger partial charge in [-0.25, -0.2) is 0 Å². The summed E-state index contributed by atoms with van der Waals surface area (Å²) in [5.74, 6) is 1.97. The molecule has 4 nitrogen and oxygen atoms in total. The second kappa shape index (κ2) is 8.90. The summed E-state index contributed by atoms with van der Waals surface area (Å²) in [5.41, 5.74) is 1.46. The largest absolute Gasteiger partial charge is 0.496 e. The minimum Gasteiger partial charge on any atom is -0.496 e. The fraction of sp³-hybridized carbons (Fsp3) is 0.682. The molecule has 1 saturated carbocycles. The van der Waals surface area contributed by atoms with Gasteiger partial charge in [0.05, 0.1) is 13.2 Å². The zero-order chi connectivity index (χ0) is 19.3. The first kappa shape index (κ1) is 20.8. The van der Waals surface area contributed by atoms with Crippen molar-refractivity contribution in [1.82, 2.24) is 10.2 Å². The Kier molecular flexibility index (Phi) is 7.10. The van der Waals surface area contributed by atoms with Crippen molar-refractivity contribution >= 4 is 5.91 Å². The van der Waals surface area contributed by atoms with E-state index in [2.05, 4.69) is 37.1 Å². The van der Waals surface area contributed by atoms with Crippen LogP contribution in [0.1, 0.15) is 58.1 Å². The van der Waals surface area contributed by atoms with Gasteiger partial charge in [0.2, 0.25) is 5.91 Å². The van der Waals surface area contributed by atoms with E-state index in [0.29, 0.717) is 12.0 Å². The highest BCUT2D eigenvalue weighted by Crippen LogP contribution is 2.39. The van der Waals surface area contributed by atoms with E-state index in [1.165, 1.54) is 0 Å². The third kappa shape index (κ3) is 5.23. The van der Waals surface area contributed by atoms with Crippen molar-refractivity contribution < 1.29 is 9.53 Å². The molecule has 0 aromatic heterocycles. The van der Waals surface area contributed by atoms with Gasteiger partial charge in [0.25, 0.3) is 0 Å². The van der Waals surface area contributed by atoms with E-state index in [-0.39, 0.29) is 17.9 Å². The third-order valence-corrected chi connectivity index (χ3v) is 5.91. The number of nitrogens with one attached hydrogen (secondary N) is 1. The van der Waals surface area contributed by atoms with Gasteiger partial charge in [-0.2, -0.15) is 0 Å². The molecule has 1 aliphatic carbocycles.